The fourth-order valence-electron chi connectivity index (χ4n) is 1.36. The van der Waals surface area contributed by atoms with E-state index >= 15 is 0 Å². The first-order valence-corrected chi connectivity index (χ1v) is 9.89. The molecular formula is C14H23BrO2Si. The standard InChI is InChI=1S/C14H23BrO2Si/c1-14(2,3)18(4,5)17-10-11-6-7-13(15)8-12(11)9-16/h6-8,16H,9-10H2,1-5H3. The van der Waals surface area contributed by atoms with E-state index in [-0.39, 0.29) is 11.6 Å². The maximum atomic E-state index is 9.37. The highest BCUT2D eigenvalue weighted by molar-refractivity contribution is 9.10. The Morgan fingerprint density at radius 2 is 1.83 bits per heavy atom. The third-order valence-electron chi connectivity index (χ3n) is 3.73. The fraction of sp³-hybridized carbons (Fsp3) is 0.571. The highest BCUT2D eigenvalue weighted by Gasteiger charge is 2.37. The number of hydrogen-bond donors (Lipinski definition) is 1. The van der Waals surface area contributed by atoms with Crippen LogP contribution >= 0.6 is 15.9 Å². The average Bonchev–Trinajstić information content (AvgIpc) is 2.25. The molecule has 0 radical (unpaired) electrons. The minimum atomic E-state index is -1.73. The summed E-state index contributed by atoms with van der Waals surface area (Å²) in [4.78, 5) is 0. The number of benzene rings is 1. The van der Waals surface area contributed by atoms with E-state index in [4.69, 9.17) is 4.43 Å². The van der Waals surface area contributed by atoms with Crippen molar-refractivity contribution in [2.75, 3.05) is 0 Å². The normalized spacial score (nSPS) is 12.8. The predicted octanol–water partition coefficient (Wildman–Crippen LogP) is 4.46. The maximum Gasteiger partial charge on any atom is 0.192 e. The van der Waals surface area contributed by atoms with Crippen molar-refractivity contribution >= 4 is 24.2 Å². The zero-order valence-electron chi connectivity index (χ0n) is 11.9. The summed E-state index contributed by atoms with van der Waals surface area (Å²) in [5, 5.41) is 9.58. The number of aliphatic hydroxyl groups is 1. The summed E-state index contributed by atoms with van der Waals surface area (Å²) in [7, 11) is -1.73. The van der Waals surface area contributed by atoms with Crippen LogP contribution in [0.4, 0.5) is 0 Å². The first-order chi connectivity index (χ1) is 8.17. The van der Waals surface area contributed by atoms with Gasteiger partial charge < -0.3 is 9.53 Å². The SMILES string of the molecule is CC(C)(C)[Si](C)(C)OCc1ccc(Br)cc1CO. The van der Waals surface area contributed by atoms with Gasteiger partial charge >= 0.3 is 0 Å². The van der Waals surface area contributed by atoms with E-state index in [1.165, 1.54) is 0 Å². The monoisotopic (exact) mass is 330 g/mol. The van der Waals surface area contributed by atoms with Gasteiger partial charge in [0.25, 0.3) is 0 Å². The smallest absolute Gasteiger partial charge is 0.192 e. The van der Waals surface area contributed by atoms with Crippen molar-refractivity contribution in [2.45, 2.75) is 52.1 Å². The summed E-state index contributed by atoms with van der Waals surface area (Å²) >= 11 is 3.42. The fourth-order valence-corrected chi connectivity index (χ4v) is 2.72. The Balaban J connectivity index is 2.81. The molecule has 0 aliphatic rings. The second-order valence-corrected chi connectivity index (χ2v) is 11.8. The summed E-state index contributed by atoms with van der Waals surface area (Å²) in [5.41, 5.74) is 2.01. The molecule has 0 unspecified atom stereocenters. The highest BCUT2D eigenvalue weighted by Crippen LogP contribution is 2.37. The molecule has 2 nitrogen and oxygen atoms in total. The molecule has 0 amide bonds. The lowest BCUT2D eigenvalue weighted by atomic mass is 10.1. The quantitative estimate of drug-likeness (QED) is 0.825. The summed E-state index contributed by atoms with van der Waals surface area (Å²) < 4.78 is 7.16. The van der Waals surface area contributed by atoms with Crippen molar-refractivity contribution in [3.8, 4) is 0 Å². The Bertz CT molecular complexity index is 411. The van der Waals surface area contributed by atoms with Crippen LogP contribution in [0.5, 0.6) is 0 Å². The Hall–Kier alpha value is -0.163. The van der Waals surface area contributed by atoms with Gasteiger partial charge in [-0.05, 0) is 41.4 Å². The van der Waals surface area contributed by atoms with E-state index in [1.807, 2.05) is 18.2 Å². The molecule has 1 aromatic rings. The Labute approximate surface area is 120 Å². The molecule has 1 aromatic carbocycles. The molecule has 0 saturated heterocycles. The topological polar surface area (TPSA) is 29.5 Å². The summed E-state index contributed by atoms with van der Waals surface area (Å²) in [6.45, 7) is 11.8. The lowest BCUT2D eigenvalue weighted by molar-refractivity contribution is 0.258. The van der Waals surface area contributed by atoms with E-state index in [0.29, 0.717) is 6.61 Å². The van der Waals surface area contributed by atoms with Crippen molar-refractivity contribution in [2.24, 2.45) is 0 Å². The Morgan fingerprint density at radius 1 is 1.22 bits per heavy atom. The van der Waals surface area contributed by atoms with Crippen LogP contribution in [0.25, 0.3) is 0 Å². The molecule has 0 spiro atoms. The van der Waals surface area contributed by atoms with Crippen LogP contribution in [-0.4, -0.2) is 13.4 Å². The van der Waals surface area contributed by atoms with Gasteiger partial charge in [-0.2, -0.15) is 0 Å². The predicted molar refractivity (Wildman–Crippen MR) is 82.1 cm³/mol. The Morgan fingerprint density at radius 3 is 2.33 bits per heavy atom. The molecule has 0 bridgehead atoms. The van der Waals surface area contributed by atoms with Gasteiger partial charge in [-0.1, -0.05) is 42.8 Å². The third kappa shape index (κ3) is 3.92. The molecule has 18 heavy (non-hydrogen) atoms. The minimum absolute atomic E-state index is 0.0512. The molecule has 4 heteroatoms. The molecule has 0 heterocycles. The summed E-state index contributed by atoms with van der Waals surface area (Å²) in [6.07, 6.45) is 0. The molecule has 1 N–H and O–H groups in total. The minimum Gasteiger partial charge on any atom is -0.413 e. The van der Waals surface area contributed by atoms with Crippen molar-refractivity contribution in [1.29, 1.82) is 0 Å². The van der Waals surface area contributed by atoms with Crippen molar-refractivity contribution < 1.29 is 9.53 Å². The van der Waals surface area contributed by atoms with Gasteiger partial charge in [0.1, 0.15) is 0 Å². The molecule has 1 rings (SSSR count). The van der Waals surface area contributed by atoms with Crippen LogP contribution < -0.4 is 0 Å². The van der Waals surface area contributed by atoms with Crippen molar-refractivity contribution in [1.82, 2.24) is 0 Å². The Kier molecular flexibility index (Phi) is 5.18. The van der Waals surface area contributed by atoms with E-state index in [0.717, 1.165) is 15.6 Å². The van der Waals surface area contributed by atoms with Gasteiger partial charge in [-0.15, -0.1) is 0 Å². The van der Waals surface area contributed by atoms with Crippen molar-refractivity contribution in [3.05, 3.63) is 33.8 Å². The maximum absolute atomic E-state index is 9.37. The lowest BCUT2D eigenvalue weighted by Gasteiger charge is -2.36. The molecule has 102 valence electrons. The van der Waals surface area contributed by atoms with Gasteiger partial charge in [-0.3, -0.25) is 0 Å². The first-order valence-electron chi connectivity index (χ1n) is 6.19. The molecule has 0 aliphatic heterocycles. The molecule has 0 saturated carbocycles. The second kappa shape index (κ2) is 5.86. The highest BCUT2D eigenvalue weighted by atomic mass is 79.9. The van der Waals surface area contributed by atoms with Crippen LogP contribution in [0.2, 0.25) is 18.1 Å². The average molecular weight is 331 g/mol. The molecule has 0 aliphatic carbocycles. The zero-order chi connectivity index (χ0) is 14.0. The van der Waals surface area contributed by atoms with E-state index in [9.17, 15) is 5.11 Å². The number of rotatable bonds is 4. The van der Waals surface area contributed by atoms with Crippen LogP contribution in [0, 0.1) is 0 Å². The largest absolute Gasteiger partial charge is 0.413 e. The van der Waals surface area contributed by atoms with Gasteiger partial charge in [0.2, 0.25) is 0 Å². The van der Waals surface area contributed by atoms with E-state index in [2.05, 4.69) is 49.8 Å². The van der Waals surface area contributed by atoms with Crippen LogP contribution in [0.3, 0.4) is 0 Å². The molecule has 0 atom stereocenters. The number of aliphatic hydroxyl groups excluding tert-OH is 1. The molecular weight excluding hydrogens is 308 g/mol. The molecule has 0 aromatic heterocycles. The van der Waals surface area contributed by atoms with E-state index < -0.39 is 8.32 Å². The molecule has 0 fully saturated rings. The zero-order valence-corrected chi connectivity index (χ0v) is 14.5. The third-order valence-corrected chi connectivity index (χ3v) is 8.71. The van der Waals surface area contributed by atoms with Crippen LogP contribution in [0.1, 0.15) is 31.9 Å². The van der Waals surface area contributed by atoms with Crippen LogP contribution in [-0.2, 0) is 17.6 Å². The van der Waals surface area contributed by atoms with Gasteiger partial charge in [-0.25, -0.2) is 0 Å². The first kappa shape index (κ1) is 15.9. The lowest BCUT2D eigenvalue weighted by Crippen LogP contribution is -2.40. The van der Waals surface area contributed by atoms with Crippen LogP contribution in [0.15, 0.2) is 22.7 Å². The number of halogens is 1. The van der Waals surface area contributed by atoms with Gasteiger partial charge in [0.15, 0.2) is 8.32 Å². The van der Waals surface area contributed by atoms with E-state index in [1.54, 1.807) is 0 Å². The van der Waals surface area contributed by atoms with Crippen molar-refractivity contribution in [3.63, 3.8) is 0 Å². The second-order valence-electron chi connectivity index (χ2n) is 6.12. The summed E-state index contributed by atoms with van der Waals surface area (Å²) in [6, 6.07) is 5.95. The van der Waals surface area contributed by atoms with Gasteiger partial charge in [0, 0.05) is 4.47 Å². The van der Waals surface area contributed by atoms with Gasteiger partial charge in [0.05, 0.1) is 13.2 Å². The number of hydrogen-bond acceptors (Lipinski definition) is 2. The summed E-state index contributed by atoms with van der Waals surface area (Å²) in [5.74, 6) is 0.